The largest absolute Gasteiger partial charge is 0.398 e. The fourth-order valence-electron chi connectivity index (χ4n) is 2.76. The van der Waals surface area contributed by atoms with Crippen molar-refractivity contribution >= 4 is 16.6 Å². The van der Waals surface area contributed by atoms with Crippen LogP contribution in [0.1, 0.15) is 18.5 Å². The number of benzene rings is 1. The molecule has 1 fully saturated rings. The van der Waals surface area contributed by atoms with Crippen LogP contribution in [0.2, 0.25) is 0 Å². The van der Waals surface area contributed by atoms with Crippen molar-refractivity contribution in [3.05, 3.63) is 23.9 Å². The van der Waals surface area contributed by atoms with Crippen LogP contribution in [0.5, 0.6) is 0 Å². The molecule has 4 heteroatoms. The third-order valence-electron chi connectivity index (χ3n) is 3.76. The predicted octanol–water partition coefficient (Wildman–Crippen LogP) is 2.35. The Morgan fingerprint density at radius 1 is 1.39 bits per heavy atom. The highest BCUT2D eigenvalue weighted by atomic mass is 16.5. The van der Waals surface area contributed by atoms with Crippen LogP contribution in [0.4, 0.5) is 5.69 Å². The second kappa shape index (κ2) is 4.61. The van der Waals surface area contributed by atoms with Gasteiger partial charge in [-0.25, -0.2) is 0 Å². The summed E-state index contributed by atoms with van der Waals surface area (Å²) >= 11 is 0. The fourth-order valence-corrected chi connectivity index (χ4v) is 2.76. The van der Waals surface area contributed by atoms with Gasteiger partial charge in [0.1, 0.15) is 0 Å². The van der Waals surface area contributed by atoms with E-state index in [1.165, 1.54) is 0 Å². The van der Waals surface area contributed by atoms with E-state index in [2.05, 4.69) is 15.8 Å². The third kappa shape index (κ3) is 1.97. The zero-order chi connectivity index (χ0) is 12.5. The van der Waals surface area contributed by atoms with Gasteiger partial charge in [0.15, 0.2) is 0 Å². The summed E-state index contributed by atoms with van der Waals surface area (Å²) in [6.45, 7) is 4.76. The summed E-state index contributed by atoms with van der Waals surface area (Å²) in [4.78, 5) is 0. The molecule has 0 saturated carbocycles. The molecule has 4 nitrogen and oxygen atoms in total. The molecule has 0 unspecified atom stereocenters. The molecule has 3 rings (SSSR count). The van der Waals surface area contributed by atoms with Crippen LogP contribution in [0.3, 0.4) is 0 Å². The molecular formula is C14H19N3O. The smallest absolute Gasteiger partial charge is 0.0706 e. The molecule has 1 aromatic heterocycles. The van der Waals surface area contributed by atoms with Gasteiger partial charge in [-0.1, -0.05) is 6.07 Å². The molecule has 1 aliphatic rings. The molecule has 2 heterocycles. The molecule has 0 spiro atoms. The summed E-state index contributed by atoms with van der Waals surface area (Å²) in [5.41, 5.74) is 9.03. The van der Waals surface area contributed by atoms with E-state index in [9.17, 15) is 0 Å². The van der Waals surface area contributed by atoms with E-state index in [1.807, 2.05) is 19.1 Å². The summed E-state index contributed by atoms with van der Waals surface area (Å²) in [5, 5.41) is 5.74. The molecule has 18 heavy (non-hydrogen) atoms. The first-order valence-corrected chi connectivity index (χ1v) is 6.55. The van der Waals surface area contributed by atoms with Crippen molar-refractivity contribution in [2.24, 2.45) is 5.92 Å². The van der Waals surface area contributed by atoms with Gasteiger partial charge in [-0.2, -0.15) is 5.10 Å². The van der Waals surface area contributed by atoms with E-state index in [-0.39, 0.29) is 0 Å². The van der Waals surface area contributed by atoms with E-state index < -0.39 is 0 Å². The Morgan fingerprint density at radius 3 is 2.94 bits per heavy atom. The van der Waals surface area contributed by atoms with Crippen molar-refractivity contribution in [3.63, 3.8) is 0 Å². The SMILES string of the molecule is Cc1nn(CC2CCOCC2)c2cccc(N)c12. The Morgan fingerprint density at radius 2 is 2.17 bits per heavy atom. The zero-order valence-electron chi connectivity index (χ0n) is 10.7. The molecule has 1 aromatic carbocycles. The number of ether oxygens (including phenoxy) is 1. The van der Waals surface area contributed by atoms with Crippen LogP contribution in [-0.2, 0) is 11.3 Å². The molecule has 1 saturated heterocycles. The molecule has 0 radical (unpaired) electrons. The van der Waals surface area contributed by atoms with Crippen LogP contribution >= 0.6 is 0 Å². The van der Waals surface area contributed by atoms with Crippen molar-refractivity contribution in [2.75, 3.05) is 18.9 Å². The second-order valence-electron chi connectivity index (χ2n) is 5.06. The van der Waals surface area contributed by atoms with E-state index in [1.54, 1.807) is 0 Å². The van der Waals surface area contributed by atoms with Crippen LogP contribution < -0.4 is 5.73 Å². The molecule has 2 aromatic rings. The molecule has 0 bridgehead atoms. The maximum Gasteiger partial charge on any atom is 0.0706 e. The maximum absolute atomic E-state index is 6.03. The monoisotopic (exact) mass is 245 g/mol. The summed E-state index contributed by atoms with van der Waals surface area (Å²) in [6, 6.07) is 6.04. The molecular weight excluding hydrogens is 226 g/mol. The predicted molar refractivity (Wildman–Crippen MR) is 72.4 cm³/mol. The van der Waals surface area contributed by atoms with Gasteiger partial charge in [-0.3, -0.25) is 4.68 Å². The Labute approximate surface area is 107 Å². The average Bonchev–Trinajstić information content (AvgIpc) is 2.69. The minimum atomic E-state index is 0.669. The third-order valence-corrected chi connectivity index (χ3v) is 3.76. The highest BCUT2D eigenvalue weighted by Crippen LogP contribution is 2.26. The summed E-state index contributed by atoms with van der Waals surface area (Å²) in [7, 11) is 0. The van der Waals surface area contributed by atoms with E-state index in [0.717, 1.165) is 54.9 Å². The highest BCUT2D eigenvalue weighted by Gasteiger charge is 2.17. The van der Waals surface area contributed by atoms with Crippen LogP contribution in [0.25, 0.3) is 10.9 Å². The number of hydrogen-bond donors (Lipinski definition) is 1. The number of nitrogens with zero attached hydrogens (tertiary/aromatic N) is 2. The lowest BCUT2D eigenvalue weighted by atomic mass is 10.0. The van der Waals surface area contributed by atoms with Crippen molar-refractivity contribution in [2.45, 2.75) is 26.3 Å². The number of aromatic nitrogens is 2. The summed E-state index contributed by atoms with van der Waals surface area (Å²) in [5.74, 6) is 0.669. The number of hydrogen-bond acceptors (Lipinski definition) is 3. The Hall–Kier alpha value is -1.55. The number of anilines is 1. The normalized spacial score (nSPS) is 17.4. The molecule has 0 amide bonds. The van der Waals surface area contributed by atoms with Crippen molar-refractivity contribution in [3.8, 4) is 0 Å². The van der Waals surface area contributed by atoms with Gasteiger partial charge in [0, 0.05) is 30.8 Å². The van der Waals surface area contributed by atoms with Gasteiger partial charge < -0.3 is 10.5 Å². The number of nitrogen functional groups attached to an aromatic ring is 1. The Bertz CT molecular complexity index is 555. The first-order valence-electron chi connectivity index (χ1n) is 6.55. The molecule has 2 N–H and O–H groups in total. The van der Waals surface area contributed by atoms with Gasteiger partial charge >= 0.3 is 0 Å². The topological polar surface area (TPSA) is 53.1 Å². The van der Waals surface area contributed by atoms with Gasteiger partial charge in [0.05, 0.1) is 11.2 Å². The Kier molecular flexibility index (Phi) is 2.96. The van der Waals surface area contributed by atoms with Crippen LogP contribution in [-0.4, -0.2) is 23.0 Å². The minimum absolute atomic E-state index is 0.669. The van der Waals surface area contributed by atoms with Crippen LogP contribution in [0.15, 0.2) is 18.2 Å². The summed E-state index contributed by atoms with van der Waals surface area (Å²) in [6.07, 6.45) is 2.26. The lowest BCUT2D eigenvalue weighted by Crippen LogP contribution is -2.20. The fraction of sp³-hybridized carbons (Fsp3) is 0.500. The quantitative estimate of drug-likeness (QED) is 0.826. The lowest BCUT2D eigenvalue weighted by molar-refractivity contribution is 0.0605. The van der Waals surface area contributed by atoms with Gasteiger partial charge in [-0.15, -0.1) is 0 Å². The molecule has 1 aliphatic heterocycles. The molecule has 96 valence electrons. The van der Waals surface area contributed by atoms with E-state index >= 15 is 0 Å². The standard InChI is InChI=1S/C14H19N3O/c1-10-14-12(15)3-2-4-13(14)17(16-10)9-11-5-7-18-8-6-11/h2-4,11H,5-9,15H2,1H3. The molecule has 0 atom stereocenters. The zero-order valence-corrected chi connectivity index (χ0v) is 10.7. The maximum atomic E-state index is 6.03. The van der Waals surface area contributed by atoms with Gasteiger partial charge in [-0.05, 0) is 37.8 Å². The first kappa shape index (κ1) is 11.5. The average molecular weight is 245 g/mol. The number of rotatable bonds is 2. The highest BCUT2D eigenvalue weighted by molar-refractivity contribution is 5.92. The van der Waals surface area contributed by atoms with Crippen molar-refractivity contribution in [1.29, 1.82) is 0 Å². The first-order chi connectivity index (χ1) is 8.75. The number of nitrogens with two attached hydrogens (primary N) is 1. The van der Waals surface area contributed by atoms with Crippen molar-refractivity contribution in [1.82, 2.24) is 9.78 Å². The summed E-state index contributed by atoms with van der Waals surface area (Å²) < 4.78 is 7.51. The minimum Gasteiger partial charge on any atom is -0.398 e. The second-order valence-corrected chi connectivity index (χ2v) is 5.06. The lowest BCUT2D eigenvalue weighted by Gasteiger charge is -2.22. The van der Waals surface area contributed by atoms with E-state index in [0.29, 0.717) is 5.92 Å². The number of aryl methyl sites for hydroxylation is 1. The molecule has 0 aliphatic carbocycles. The van der Waals surface area contributed by atoms with Gasteiger partial charge in [0.2, 0.25) is 0 Å². The Balaban J connectivity index is 1.94. The van der Waals surface area contributed by atoms with Crippen LogP contribution in [0, 0.1) is 12.8 Å². The van der Waals surface area contributed by atoms with Crippen molar-refractivity contribution < 1.29 is 4.74 Å². The van der Waals surface area contributed by atoms with E-state index in [4.69, 9.17) is 10.5 Å². The van der Waals surface area contributed by atoms with Gasteiger partial charge in [0.25, 0.3) is 0 Å². The number of fused-ring (bicyclic) bond motifs is 1.